The van der Waals surface area contributed by atoms with Gasteiger partial charge in [0.15, 0.2) is 5.78 Å². The number of esters is 1. The average molecular weight is 554 g/mol. The number of fused-ring (bicyclic) bond motifs is 5. The van der Waals surface area contributed by atoms with Crippen LogP contribution in [-0.4, -0.2) is 59.7 Å². The molecule has 0 amide bonds. The van der Waals surface area contributed by atoms with E-state index in [2.05, 4.69) is 0 Å². The minimum Gasteiger partial charge on any atom is -0.433 e. The van der Waals surface area contributed by atoms with Crippen LogP contribution in [0.5, 0.6) is 0 Å². The second kappa shape index (κ2) is 9.75. The summed E-state index contributed by atoms with van der Waals surface area (Å²) in [7, 11) is 0. The number of allylic oxidation sites excluding steroid dienone is 5. The van der Waals surface area contributed by atoms with Crippen LogP contribution in [0.25, 0.3) is 0 Å². The minimum atomic E-state index is -1.79. The van der Waals surface area contributed by atoms with E-state index in [0.29, 0.717) is 31.4 Å². The number of aryl methyl sites for hydroxylation is 1. The lowest BCUT2D eigenvalue weighted by Crippen LogP contribution is -2.66. The minimum absolute atomic E-state index is 0.0406. The molecule has 2 unspecified atom stereocenters. The molecular formula is C32H34F3NO4. The van der Waals surface area contributed by atoms with Gasteiger partial charge in [-0.05, 0) is 79.9 Å². The predicted octanol–water partition coefficient (Wildman–Crippen LogP) is 5.41. The van der Waals surface area contributed by atoms with Crippen molar-refractivity contribution in [1.29, 1.82) is 0 Å². The summed E-state index contributed by atoms with van der Waals surface area (Å²) < 4.78 is 50.0. The number of rotatable bonds is 6. The number of benzene rings is 1. The first-order chi connectivity index (χ1) is 19.2. The first kappa shape index (κ1) is 27.1. The van der Waals surface area contributed by atoms with Crippen molar-refractivity contribution in [3.63, 3.8) is 0 Å². The molecule has 0 aromatic heterocycles. The van der Waals surface area contributed by atoms with E-state index >= 15 is 4.39 Å². The standard InChI is InChI=1S/C32H34F3NO4/c1-18-32(30(39)40-17-33)23(15-25(37)22-14-24(34)26(38)16-31(22,32)2)27-28(35)20-11-6-12-21(20)29(27)36(18)13-7-10-19-8-4-3-5-9-19/h3-5,8-9,14-15,18,24,26,28,38H,6-7,10-13,16-17H2,1-2H3/t18?,24-,26-,28-,31-,32?/m0/s1. The number of aliphatic hydroxyl groups excluding tert-OH is 1. The SMILES string of the molecule is CC1N(CCCc2ccccc2)C2=C(C3=CC(=O)C4=C[C@H](F)[C@@H](O)C[C@]4(C)C31C(=O)OCF)[C@@H](F)C1=C2CCC1. The summed E-state index contributed by atoms with van der Waals surface area (Å²) >= 11 is 0. The highest BCUT2D eigenvalue weighted by Gasteiger charge is 2.70. The molecule has 0 spiro atoms. The smallest absolute Gasteiger partial charge is 0.321 e. The quantitative estimate of drug-likeness (QED) is 0.478. The number of carbonyl (C=O) groups is 2. The maximum atomic E-state index is 16.5. The largest absolute Gasteiger partial charge is 0.433 e. The highest BCUT2D eigenvalue weighted by molar-refractivity contribution is 6.11. The second-order valence-corrected chi connectivity index (χ2v) is 11.8. The zero-order chi connectivity index (χ0) is 28.4. The number of ether oxygens (including phenoxy) is 1. The van der Waals surface area contributed by atoms with E-state index in [1.165, 1.54) is 6.08 Å². The fraction of sp³-hybridized carbons (Fsp3) is 0.500. The van der Waals surface area contributed by atoms with Crippen molar-refractivity contribution in [2.75, 3.05) is 13.4 Å². The van der Waals surface area contributed by atoms with E-state index in [0.717, 1.165) is 35.8 Å². The van der Waals surface area contributed by atoms with Crippen molar-refractivity contribution in [1.82, 2.24) is 4.90 Å². The Kier molecular flexibility index (Phi) is 6.60. The van der Waals surface area contributed by atoms with Gasteiger partial charge in [-0.15, -0.1) is 0 Å². The molecule has 5 nitrogen and oxygen atoms in total. The number of halogens is 3. The van der Waals surface area contributed by atoms with Gasteiger partial charge in [0.05, 0.1) is 6.10 Å². The Morgan fingerprint density at radius 3 is 2.65 bits per heavy atom. The van der Waals surface area contributed by atoms with E-state index in [1.807, 2.05) is 42.2 Å². The van der Waals surface area contributed by atoms with Gasteiger partial charge in [-0.25, -0.2) is 13.2 Å². The Morgan fingerprint density at radius 2 is 1.93 bits per heavy atom. The average Bonchev–Trinajstić information content (AvgIpc) is 3.50. The van der Waals surface area contributed by atoms with Crippen molar-refractivity contribution in [2.45, 2.75) is 76.9 Å². The molecule has 5 aliphatic rings. The summed E-state index contributed by atoms with van der Waals surface area (Å²) in [5.74, 6) is -1.45. The molecule has 1 aliphatic heterocycles. The zero-order valence-electron chi connectivity index (χ0n) is 22.8. The first-order valence-corrected chi connectivity index (χ1v) is 14.1. The van der Waals surface area contributed by atoms with E-state index < -0.39 is 53.9 Å². The van der Waals surface area contributed by atoms with Crippen LogP contribution in [-0.2, 0) is 20.7 Å². The summed E-state index contributed by atoms with van der Waals surface area (Å²) in [6, 6.07) is 9.27. The highest BCUT2D eigenvalue weighted by Crippen LogP contribution is 2.67. The molecule has 6 rings (SSSR count). The Morgan fingerprint density at radius 1 is 1.18 bits per heavy atom. The van der Waals surface area contributed by atoms with Crippen molar-refractivity contribution < 1.29 is 32.6 Å². The van der Waals surface area contributed by atoms with Crippen LogP contribution >= 0.6 is 0 Å². The Labute approximate surface area is 232 Å². The van der Waals surface area contributed by atoms with Gasteiger partial charge in [0.1, 0.15) is 17.8 Å². The Balaban J connectivity index is 1.55. The summed E-state index contributed by atoms with van der Waals surface area (Å²) in [6.07, 6.45) is 0.838. The molecule has 0 saturated carbocycles. The molecule has 212 valence electrons. The fourth-order valence-electron chi connectivity index (χ4n) is 8.29. The van der Waals surface area contributed by atoms with Gasteiger partial charge in [-0.3, -0.25) is 9.59 Å². The summed E-state index contributed by atoms with van der Waals surface area (Å²) in [6.45, 7) is 2.54. The van der Waals surface area contributed by atoms with Crippen LogP contribution in [0.1, 0.15) is 51.5 Å². The van der Waals surface area contributed by atoms with Crippen LogP contribution < -0.4 is 0 Å². The molecule has 6 atom stereocenters. The zero-order valence-corrected chi connectivity index (χ0v) is 22.8. The van der Waals surface area contributed by atoms with E-state index in [9.17, 15) is 23.5 Å². The van der Waals surface area contributed by atoms with Gasteiger partial charge in [0, 0.05) is 34.8 Å². The predicted molar refractivity (Wildman–Crippen MR) is 143 cm³/mol. The third-order valence-corrected chi connectivity index (χ3v) is 9.99. The van der Waals surface area contributed by atoms with Gasteiger partial charge < -0.3 is 14.7 Å². The molecule has 1 aromatic rings. The van der Waals surface area contributed by atoms with Crippen LogP contribution in [0, 0.1) is 10.8 Å². The molecule has 0 fully saturated rings. The molecule has 8 heteroatoms. The van der Waals surface area contributed by atoms with E-state index in [4.69, 9.17) is 4.74 Å². The summed E-state index contributed by atoms with van der Waals surface area (Å²) in [5, 5.41) is 10.7. The molecule has 4 aliphatic carbocycles. The number of alkyl halides is 3. The lowest BCUT2D eigenvalue weighted by atomic mass is 9.46. The maximum absolute atomic E-state index is 16.5. The van der Waals surface area contributed by atoms with E-state index in [-0.39, 0.29) is 23.1 Å². The van der Waals surface area contributed by atoms with Gasteiger partial charge in [0.25, 0.3) is 0 Å². The van der Waals surface area contributed by atoms with Crippen LogP contribution in [0.15, 0.2) is 76.0 Å². The van der Waals surface area contributed by atoms with Crippen molar-refractivity contribution in [3.8, 4) is 0 Å². The van der Waals surface area contributed by atoms with Crippen LogP contribution in [0.3, 0.4) is 0 Å². The topological polar surface area (TPSA) is 66.8 Å². The monoisotopic (exact) mass is 553 g/mol. The number of nitrogens with zero attached hydrogens (tertiary/aromatic N) is 1. The Bertz CT molecular complexity index is 1380. The van der Waals surface area contributed by atoms with Gasteiger partial charge in [-0.2, -0.15) is 0 Å². The lowest BCUT2D eigenvalue weighted by molar-refractivity contribution is -0.173. The molecule has 1 aromatic carbocycles. The van der Waals surface area contributed by atoms with Crippen molar-refractivity contribution >= 4 is 11.8 Å². The van der Waals surface area contributed by atoms with Crippen LogP contribution in [0.2, 0.25) is 0 Å². The normalized spacial score (nSPS) is 34.6. The van der Waals surface area contributed by atoms with E-state index in [1.54, 1.807) is 6.92 Å². The lowest BCUT2D eigenvalue weighted by Gasteiger charge is -2.60. The van der Waals surface area contributed by atoms with Gasteiger partial charge in [-0.1, -0.05) is 37.3 Å². The highest BCUT2D eigenvalue weighted by atomic mass is 19.1. The fourth-order valence-corrected chi connectivity index (χ4v) is 8.29. The third kappa shape index (κ3) is 3.57. The molecule has 1 heterocycles. The third-order valence-electron chi connectivity index (χ3n) is 9.99. The Hall–Kier alpha value is -3.13. The molecule has 1 N–H and O–H groups in total. The second-order valence-electron chi connectivity index (χ2n) is 11.8. The maximum Gasteiger partial charge on any atom is 0.321 e. The van der Waals surface area contributed by atoms with Gasteiger partial charge >= 0.3 is 5.97 Å². The number of carbonyl (C=O) groups excluding carboxylic acids is 2. The molecule has 0 bridgehead atoms. The summed E-state index contributed by atoms with van der Waals surface area (Å²) in [4.78, 5) is 29.7. The number of ketones is 1. The van der Waals surface area contributed by atoms with Crippen molar-refractivity contribution in [2.24, 2.45) is 10.8 Å². The molecular weight excluding hydrogens is 519 g/mol. The number of aliphatic hydroxyl groups is 1. The molecule has 0 radical (unpaired) electrons. The first-order valence-electron chi connectivity index (χ1n) is 14.1. The molecule has 40 heavy (non-hydrogen) atoms. The molecule has 0 saturated heterocycles. The number of hydrogen-bond donors (Lipinski definition) is 1. The van der Waals surface area contributed by atoms with Crippen molar-refractivity contribution in [3.05, 3.63) is 81.6 Å². The van der Waals surface area contributed by atoms with Crippen LogP contribution in [0.4, 0.5) is 13.2 Å². The van der Waals surface area contributed by atoms with Gasteiger partial charge in [0.2, 0.25) is 6.86 Å². The summed E-state index contributed by atoms with van der Waals surface area (Å²) in [5.41, 5.74) is 0.765. The number of hydrogen-bond acceptors (Lipinski definition) is 5.